The number of nitrogen functional groups attached to an aromatic ring is 1. The number of anilines is 2. The smallest absolute Gasteiger partial charge is 0.261 e. The summed E-state index contributed by atoms with van der Waals surface area (Å²) < 4.78 is 32.6. The molecule has 0 saturated carbocycles. The third-order valence-corrected chi connectivity index (χ3v) is 4.61. The maximum absolute atomic E-state index is 12.2. The van der Waals surface area contributed by atoms with Crippen LogP contribution in [0.4, 0.5) is 11.4 Å². The van der Waals surface area contributed by atoms with Gasteiger partial charge in [-0.15, -0.1) is 0 Å². The van der Waals surface area contributed by atoms with E-state index in [9.17, 15) is 8.42 Å². The Bertz CT molecular complexity index is 715. The molecule has 0 amide bonds. The van der Waals surface area contributed by atoms with Gasteiger partial charge < -0.3 is 10.5 Å². The van der Waals surface area contributed by atoms with Crippen molar-refractivity contribution in [3.05, 3.63) is 46.9 Å². The number of rotatable bonds is 4. The molecule has 0 spiro atoms. The van der Waals surface area contributed by atoms with Gasteiger partial charge in [-0.1, -0.05) is 0 Å². The van der Waals surface area contributed by atoms with Gasteiger partial charge in [0.05, 0.1) is 22.2 Å². The molecule has 2 aromatic rings. The fourth-order valence-corrected chi connectivity index (χ4v) is 3.18. The van der Waals surface area contributed by atoms with Crippen LogP contribution in [0.1, 0.15) is 0 Å². The lowest BCUT2D eigenvalue weighted by molar-refractivity contribution is 0.412. The fourth-order valence-electron chi connectivity index (χ4n) is 1.59. The van der Waals surface area contributed by atoms with E-state index in [2.05, 4.69) is 20.7 Å². The molecule has 0 radical (unpaired) electrons. The molecule has 106 valence electrons. The van der Waals surface area contributed by atoms with Crippen LogP contribution < -0.4 is 15.2 Å². The van der Waals surface area contributed by atoms with Gasteiger partial charge in [-0.2, -0.15) is 0 Å². The molecule has 2 aromatic carbocycles. The average Bonchev–Trinajstić information content (AvgIpc) is 2.39. The van der Waals surface area contributed by atoms with Crippen LogP contribution in [0.15, 0.2) is 51.8 Å². The van der Waals surface area contributed by atoms with Crippen LogP contribution in [0, 0.1) is 0 Å². The summed E-state index contributed by atoms with van der Waals surface area (Å²) in [5.41, 5.74) is 6.49. The number of nitrogens with two attached hydrogens (primary N) is 1. The predicted octanol–water partition coefficient (Wildman–Crippen LogP) is 2.84. The molecule has 0 aliphatic rings. The molecule has 0 atom stereocenters. The quantitative estimate of drug-likeness (QED) is 0.825. The number of hydrogen-bond acceptors (Lipinski definition) is 4. The molecule has 3 N–H and O–H groups in total. The van der Waals surface area contributed by atoms with Gasteiger partial charge in [-0.05, 0) is 58.4 Å². The van der Waals surface area contributed by atoms with Gasteiger partial charge in [0.15, 0.2) is 0 Å². The Balaban J connectivity index is 2.28. The van der Waals surface area contributed by atoms with E-state index in [4.69, 9.17) is 10.5 Å². The highest BCUT2D eigenvalue weighted by molar-refractivity contribution is 9.10. The fraction of sp³-hybridized carbons (Fsp3) is 0.0769. The number of benzene rings is 2. The van der Waals surface area contributed by atoms with Gasteiger partial charge in [0, 0.05) is 5.69 Å². The minimum absolute atomic E-state index is 0.152. The van der Waals surface area contributed by atoms with E-state index < -0.39 is 10.0 Å². The zero-order valence-corrected chi connectivity index (χ0v) is 13.0. The van der Waals surface area contributed by atoms with Crippen LogP contribution in [0.3, 0.4) is 0 Å². The highest BCUT2D eigenvalue weighted by atomic mass is 79.9. The van der Waals surface area contributed by atoms with Crippen molar-refractivity contribution in [2.24, 2.45) is 0 Å². The molecule has 0 saturated heterocycles. The van der Waals surface area contributed by atoms with Crippen LogP contribution in [-0.4, -0.2) is 15.5 Å². The number of ether oxygens (including phenoxy) is 1. The van der Waals surface area contributed by atoms with E-state index in [0.717, 1.165) is 0 Å². The Morgan fingerprint density at radius 2 is 1.80 bits per heavy atom. The van der Waals surface area contributed by atoms with E-state index in [1.165, 1.54) is 19.2 Å². The summed E-state index contributed by atoms with van der Waals surface area (Å²) in [5, 5.41) is 0. The first-order valence-electron chi connectivity index (χ1n) is 5.64. The van der Waals surface area contributed by atoms with Crippen LogP contribution in [0.25, 0.3) is 0 Å². The Labute approximate surface area is 125 Å². The highest BCUT2D eigenvalue weighted by Gasteiger charge is 2.14. The molecule has 0 aliphatic heterocycles. The van der Waals surface area contributed by atoms with Crippen molar-refractivity contribution in [3.63, 3.8) is 0 Å². The summed E-state index contributed by atoms with van der Waals surface area (Å²) in [5.74, 6) is 0.625. The molecule has 2 rings (SSSR count). The molecule has 0 aliphatic carbocycles. The molecular weight excluding hydrogens is 344 g/mol. The van der Waals surface area contributed by atoms with Crippen molar-refractivity contribution >= 4 is 37.3 Å². The topological polar surface area (TPSA) is 81.4 Å². The number of sulfonamides is 1. The monoisotopic (exact) mass is 356 g/mol. The molecule has 20 heavy (non-hydrogen) atoms. The number of methoxy groups -OCH3 is 1. The second-order valence-corrected chi connectivity index (χ2v) is 6.56. The van der Waals surface area contributed by atoms with Crippen molar-refractivity contribution in [1.29, 1.82) is 0 Å². The summed E-state index contributed by atoms with van der Waals surface area (Å²) in [6, 6.07) is 10.9. The van der Waals surface area contributed by atoms with E-state index in [0.29, 0.717) is 21.6 Å². The van der Waals surface area contributed by atoms with Gasteiger partial charge >= 0.3 is 0 Å². The molecular formula is C13H13BrN2O3S. The lowest BCUT2D eigenvalue weighted by Gasteiger charge is -2.10. The number of halogens is 1. The van der Waals surface area contributed by atoms with Gasteiger partial charge in [0.1, 0.15) is 5.75 Å². The van der Waals surface area contributed by atoms with Crippen LogP contribution in [0.2, 0.25) is 0 Å². The molecule has 0 aromatic heterocycles. The summed E-state index contributed by atoms with van der Waals surface area (Å²) in [6.07, 6.45) is 0. The molecule has 0 bridgehead atoms. The minimum Gasteiger partial charge on any atom is -0.496 e. The molecule has 0 heterocycles. The largest absolute Gasteiger partial charge is 0.496 e. The Morgan fingerprint density at radius 3 is 2.35 bits per heavy atom. The first-order chi connectivity index (χ1) is 9.42. The molecule has 5 nitrogen and oxygen atoms in total. The van der Waals surface area contributed by atoms with Crippen LogP contribution in [-0.2, 0) is 10.0 Å². The molecule has 7 heteroatoms. The lowest BCUT2D eigenvalue weighted by atomic mass is 10.3. The summed E-state index contributed by atoms with van der Waals surface area (Å²) in [6.45, 7) is 0. The van der Waals surface area contributed by atoms with E-state index in [-0.39, 0.29) is 4.90 Å². The zero-order chi connectivity index (χ0) is 14.8. The van der Waals surface area contributed by atoms with E-state index in [1.54, 1.807) is 30.3 Å². The lowest BCUT2D eigenvalue weighted by Crippen LogP contribution is -2.12. The van der Waals surface area contributed by atoms with Gasteiger partial charge in [0.25, 0.3) is 10.0 Å². The SMILES string of the molecule is COc1ccc(NS(=O)(=O)c2ccc(N)cc2)cc1Br. The maximum Gasteiger partial charge on any atom is 0.261 e. The Hall–Kier alpha value is -1.73. The number of nitrogens with one attached hydrogen (secondary N) is 1. The maximum atomic E-state index is 12.2. The highest BCUT2D eigenvalue weighted by Crippen LogP contribution is 2.28. The number of hydrogen-bond donors (Lipinski definition) is 2. The first kappa shape index (κ1) is 14.7. The van der Waals surface area contributed by atoms with E-state index >= 15 is 0 Å². The zero-order valence-electron chi connectivity index (χ0n) is 10.6. The third-order valence-electron chi connectivity index (χ3n) is 2.59. The van der Waals surface area contributed by atoms with Crippen molar-refractivity contribution < 1.29 is 13.2 Å². The first-order valence-corrected chi connectivity index (χ1v) is 7.92. The van der Waals surface area contributed by atoms with Gasteiger partial charge in [-0.3, -0.25) is 4.72 Å². The van der Waals surface area contributed by atoms with Gasteiger partial charge in [0.2, 0.25) is 0 Å². The van der Waals surface area contributed by atoms with Crippen LogP contribution in [0.5, 0.6) is 5.75 Å². The summed E-state index contributed by atoms with van der Waals surface area (Å²) in [7, 11) is -2.09. The molecule has 0 unspecified atom stereocenters. The van der Waals surface area contributed by atoms with Gasteiger partial charge in [-0.25, -0.2) is 8.42 Å². The minimum atomic E-state index is -3.63. The predicted molar refractivity (Wildman–Crippen MR) is 82.4 cm³/mol. The van der Waals surface area contributed by atoms with Crippen LogP contribution >= 0.6 is 15.9 Å². The summed E-state index contributed by atoms with van der Waals surface area (Å²) >= 11 is 3.30. The Kier molecular flexibility index (Phi) is 4.20. The van der Waals surface area contributed by atoms with E-state index in [1.807, 2.05) is 0 Å². The summed E-state index contributed by atoms with van der Waals surface area (Å²) in [4.78, 5) is 0.152. The molecule has 0 fully saturated rings. The normalized spacial score (nSPS) is 11.1. The second kappa shape index (κ2) is 5.72. The average molecular weight is 357 g/mol. The van der Waals surface area contributed by atoms with Crippen molar-refractivity contribution in [3.8, 4) is 5.75 Å². The second-order valence-electron chi connectivity index (χ2n) is 4.02. The van der Waals surface area contributed by atoms with Crippen molar-refractivity contribution in [2.45, 2.75) is 4.90 Å². The van der Waals surface area contributed by atoms with Crippen molar-refractivity contribution in [1.82, 2.24) is 0 Å². The van der Waals surface area contributed by atoms with Crippen molar-refractivity contribution in [2.75, 3.05) is 17.6 Å². The Morgan fingerprint density at radius 1 is 1.15 bits per heavy atom. The standard InChI is InChI=1S/C13H13BrN2O3S/c1-19-13-7-4-10(8-12(13)14)16-20(17,18)11-5-2-9(15)3-6-11/h2-8,16H,15H2,1H3. The third kappa shape index (κ3) is 3.23.